The van der Waals surface area contributed by atoms with Gasteiger partial charge in [0, 0.05) is 50.8 Å². The quantitative estimate of drug-likeness (QED) is 0.0857. The first-order chi connectivity index (χ1) is 22.7. The monoisotopic (exact) mass is 672 g/mol. The van der Waals surface area contributed by atoms with E-state index in [1.165, 1.54) is 17.8 Å². The normalized spacial score (nSPS) is 11.9. The van der Waals surface area contributed by atoms with E-state index in [9.17, 15) is 33.6 Å². The van der Waals surface area contributed by atoms with E-state index in [4.69, 9.17) is 10.8 Å². The predicted octanol–water partition coefficient (Wildman–Crippen LogP) is -0.214. The van der Waals surface area contributed by atoms with Crippen LogP contribution in [-0.2, 0) is 43.5 Å². The van der Waals surface area contributed by atoms with Gasteiger partial charge < -0.3 is 42.7 Å². The summed E-state index contributed by atoms with van der Waals surface area (Å²) in [6.07, 6.45) is 1.43. The number of primary amides is 1. The molecule has 2 aromatic rings. The molecule has 0 bridgehead atoms. The Balaban J connectivity index is 2.00. The smallest absolute Gasteiger partial charge is 0.404 e. The molecule has 2 atom stereocenters. The number of rotatable bonds is 20. The Labute approximate surface area is 277 Å². The lowest BCUT2D eigenvalue weighted by Crippen LogP contribution is -2.55. The Bertz CT molecular complexity index is 1430. The standard InChI is InChI=1S/C30H44N10O8/c1-18(2)26(37-25(43)17-40-16-22(38-39-40)10-11-24(42)32-14-12-19(3)41)28(45)36-23(5-4-13-33-29(31)46)27(44)35-21-8-6-20(7-9-21)15-34-30(47)48/h6-9,16,18,23,26,34H,4-5,10-15,17H2,1-3H3,(H,32,42)(H,35,44)(H,36,45)(H,37,43)(H,47,48)(H3,31,33,46)/t23-,26-/m0/s1. The average molecular weight is 673 g/mol. The zero-order valence-corrected chi connectivity index (χ0v) is 27.2. The molecular formula is C30H44N10O8. The molecule has 1 heterocycles. The van der Waals surface area contributed by atoms with Crippen LogP contribution < -0.4 is 37.6 Å². The SMILES string of the molecule is CC(=O)CCNC(=O)CCc1cn(CC(=O)N[C@H](C(=O)N[C@@H](CCCNC(N)=O)C(=O)Nc2ccc(CNC(=O)O)cc2)C(C)C)nn1. The third-order valence-corrected chi connectivity index (χ3v) is 6.83. The minimum absolute atomic E-state index is 0.0260. The number of carbonyl (C=O) groups excluding carboxylic acids is 6. The van der Waals surface area contributed by atoms with Gasteiger partial charge in [0.1, 0.15) is 24.4 Å². The lowest BCUT2D eigenvalue weighted by atomic mass is 10.0. The summed E-state index contributed by atoms with van der Waals surface area (Å²) in [6.45, 7) is 5.14. The van der Waals surface area contributed by atoms with E-state index < -0.39 is 41.9 Å². The third-order valence-electron chi connectivity index (χ3n) is 6.83. The molecule has 262 valence electrons. The lowest BCUT2D eigenvalue weighted by molar-refractivity contribution is -0.132. The number of nitrogens with zero attached hydrogens (tertiary/aromatic N) is 3. The number of carboxylic acid groups (broad SMARTS) is 1. The topological polar surface area (TPSA) is 269 Å². The van der Waals surface area contributed by atoms with Gasteiger partial charge in [0.05, 0.1) is 5.69 Å². The molecular weight excluding hydrogens is 628 g/mol. The number of anilines is 1. The molecule has 0 radical (unpaired) electrons. The number of aryl methyl sites for hydroxylation is 1. The van der Waals surface area contributed by atoms with E-state index in [1.54, 1.807) is 38.1 Å². The fourth-order valence-corrected chi connectivity index (χ4v) is 4.30. The Kier molecular flexibility index (Phi) is 16.0. The minimum atomic E-state index is -1.17. The van der Waals surface area contributed by atoms with Crippen molar-refractivity contribution in [2.75, 3.05) is 18.4 Å². The van der Waals surface area contributed by atoms with Crippen molar-refractivity contribution in [3.8, 4) is 0 Å². The Morgan fingerprint density at radius 3 is 2.23 bits per heavy atom. The van der Waals surface area contributed by atoms with Crippen LogP contribution >= 0.6 is 0 Å². The highest BCUT2D eigenvalue weighted by atomic mass is 16.4. The number of amides is 7. The molecule has 18 nitrogen and oxygen atoms in total. The highest BCUT2D eigenvalue weighted by Crippen LogP contribution is 2.12. The first-order valence-electron chi connectivity index (χ1n) is 15.4. The number of nitrogens with two attached hydrogens (primary N) is 1. The van der Waals surface area contributed by atoms with Crippen LogP contribution in [0.3, 0.4) is 0 Å². The molecule has 7 amide bonds. The van der Waals surface area contributed by atoms with Crippen LogP contribution in [0.25, 0.3) is 0 Å². The van der Waals surface area contributed by atoms with Crippen LogP contribution in [0.5, 0.6) is 0 Å². The number of hydrogen-bond acceptors (Lipinski definition) is 9. The fraction of sp³-hybridized carbons (Fsp3) is 0.500. The largest absolute Gasteiger partial charge is 0.465 e. The maximum Gasteiger partial charge on any atom is 0.404 e. The second-order valence-corrected chi connectivity index (χ2v) is 11.3. The van der Waals surface area contributed by atoms with E-state index in [-0.39, 0.29) is 69.5 Å². The minimum Gasteiger partial charge on any atom is -0.465 e. The molecule has 0 spiro atoms. The fourth-order valence-electron chi connectivity index (χ4n) is 4.30. The number of Topliss-reactive ketones (excluding diaryl/α,β-unsaturated/α-hetero) is 1. The summed E-state index contributed by atoms with van der Waals surface area (Å²) in [4.78, 5) is 84.2. The molecule has 0 aliphatic carbocycles. The molecule has 0 saturated carbocycles. The summed E-state index contributed by atoms with van der Waals surface area (Å²) in [7, 11) is 0. The van der Waals surface area contributed by atoms with Gasteiger partial charge in [-0.05, 0) is 43.4 Å². The number of urea groups is 1. The molecule has 9 N–H and O–H groups in total. The van der Waals surface area contributed by atoms with Crippen LogP contribution in [0.15, 0.2) is 30.5 Å². The van der Waals surface area contributed by atoms with Crippen LogP contribution in [-0.4, -0.2) is 86.8 Å². The third kappa shape index (κ3) is 15.2. The molecule has 2 rings (SSSR count). The number of aromatic nitrogens is 3. The van der Waals surface area contributed by atoms with Crippen molar-refractivity contribution in [1.82, 2.24) is 41.6 Å². The van der Waals surface area contributed by atoms with Gasteiger partial charge >= 0.3 is 12.1 Å². The summed E-state index contributed by atoms with van der Waals surface area (Å²) in [5.74, 6) is -2.32. The van der Waals surface area contributed by atoms with Crippen molar-refractivity contribution in [2.45, 2.75) is 78.0 Å². The zero-order chi connectivity index (χ0) is 35.6. The van der Waals surface area contributed by atoms with Gasteiger partial charge in [0.25, 0.3) is 0 Å². The highest BCUT2D eigenvalue weighted by molar-refractivity contribution is 5.98. The summed E-state index contributed by atoms with van der Waals surface area (Å²) >= 11 is 0. The van der Waals surface area contributed by atoms with E-state index in [1.807, 2.05) is 0 Å². The molecule has 1 aromatic carbocycles. The number of hydrogen-bond donors (Lipinski definition) is 8. The molecule has 0 aliphatic heterocycles. The maximum absolute atomic E-state index is 13.4. The zero-order valence-electron chi connectivity index (χ0n) is 27.2. The van der Waals surface area contributed by atoms with Crippen LogP contribution in [0.1, 0.15) is 57.7 Å². The van der Waals surface area contributed by atoms with Crippen LogP contribution in [0.2, 0.25) is 0 Å². The van der Waals surface area contributed by atoms with Crippen LogP contribution in [0, 0.1) is 5.92 Å². The number of nitrogens with one attached hydrogen (secondary N) is 6. The summed E-state index contributed by atoms with van der Waals surface area (Å²) in [6, 6.07) is 3.65. The van der Waals surface area contributed by atoms with Crippen molar-refractivity contribution >= 4 is 47.2 Å². The van der Waals surface area contributed by atoms with Gasteiger partial charge in [-0.1, -0.05) is 31.2 Å². The second kappa shape index (κ2) is 19.9. The highest BCUT2D eigenvalue weighted by Gasteiger charge is 2.29. The van der Waals surface area contributed by atoms with Gasteiger partial charge in [0.15, 0.2) is 0 Å². The van der Waals surface area contributed by atoms with Crippen molar-refractivity contribution in [3.63, 3.8) is 0 Å². The second-order valence-electron chi connectivity index (χ2n) is 11.3. The Morgan fingerprint density at radius 2 is 1.60 bits per heavy atom. The van der Waals surface area contributed by atoms with E-state index in [2.05, 4.69) is 42.2 Å². The van der Waals surface area contributed by atoms with Crippen molar-refractivity contribution in [3.05, 3.63) is 41.7 Å². The first kappa shape index (κ1) is 38.6. The van der Waals surface area contributed by atoms with Gasteiger partial charge in [0.2, 0.25) is 23.6 Å². The molecule has 18 heteroatoms. The van der Waals surface area contributed by atoms with Gasteiger partial charge in [-0.3, -0.25) is 24.0 Å². The molecule has 0 aliphatic rings. The van der Waals surface area contributed by atoms with Crippen molar-refractivity contribution in [2.24, 2.45) is 11.7 Å². The lowest BCUT2D eigenvalue weighted by Gasteiger charge is -2.25. The maximum atomic E-state index is 13.4. The molecule has 48 heavy (non-hydrogen) atoms. The number of benzene rings is 1. The predicted molar refractivity (Wildman–Crippen MR) is 172 cm³/mol. The van der Waals surface area contributed by atoms with Crippen LogP contribution in [0.4, 0.5) is 15.3 Å². The van der Waals surface area contributed by atoms with Gasteiger partial charge in [-0.2, -0.15) is 0 Å². The Hall–Kier alpha value is -5.55. The summed E-state index contributed by atoms with van der Waals surface area (Å²) in [5, 5.41) is 32.1. The van der Waals surface area contributed by atoms with Gasteiger partial charge in [-0.15, -0.1) is 5.10 Å². The first-order valence-corrected chi connectivity index (χ1v) is 15.4. The number of ketones is 1. The van der Waals surface area contributed by atoms with Gasteiger partial charge in [-0.25, -0.2) is 14.3 Å². The van der Waals surface area contributed by atoms with E-state index >= 15 is 0 Å². The molecule has 0 fully saturated rings. The molecule has 0 unspecified atom stereocenters. The van der Waals surface area contributed by atoms with E-state index in [0.717, 1.165) is 0 Å². The summed E-state index contributed by atoms with van der Waals surface area (Å²) in [5.41, 5.74) is 6.67. The molecule has 0 saturated heterocycles. The van der Waals surface area contributed by atoms with Crippen molar-refractivity contribution in [1.29, 1.82) is 0 Å². The number of carbonyl (C=O) groups is 7. The average Bonchev–Trinajstić information content (AvgIpc) is 3.46. The molecule has 1 aromatic heterocycles. The summed E-state index contributed by atoms with van der Waals surface area (Å²) < 4.78 is 1.28. The van der Waals surface area contributed by atoms with E-state index in [0.29, 0.717) is 23.4 Å². The Morgan fingerprint density at radius 1 is 0.896 bits per heavy atom. The van der Waals surface area contributed by atoms with Crippen molar-refractivity contribution < 1.29 is 38.7 Å².